The average Bonchev–Trinajstić information content (AvgIpc) is 3.15. The summed E-state index contributed by atoms with van der Waals surface area (Å²) in [6, 6.07) is 2.52. The first-order valence-electron chi connectivity index (χ1n) is 11.7. The van der Waals surface area contributed by atoms with Crippen LogP contribution < -0.4 is 11.1 Å². The summed E-state index contributed by atoms with van der Waals surface area (Å²) < 4.78 is 39.2. The highest BCUT2D eigenvalue weighted by Gasteiger charge is 2.41. The summed E-state index contributed by atoms with van der Waals surface area (Å²) in [6.07, 6.45) is -3.93. The number of hydrogen-bond donors (Lipinski definition) is 2. The molecule has 0 spiro atoms. The van der Waals surface area contributed by atoms with E-state index in [0.29, 0.717) is 13.0 Å². The van der Waals surface area contributed by atoms with Crippen molar-refractivity contribution in [2.45, 2.75) is 64.3 Å². The second-order valence-electron chi connectivity index (χ2n) is 10.6. The van der Waals surface area contributed by atoms with E-state index in [1.165, 1.54) is 17.0 Å². The summed E-state index contributed by atoms with van der Waals surface area (Å²) in [7, 11) is 3.09. The second kappa shape index (κ2) is 11.4. The van der Waals surface area contributed by atoms with E-state index in [1.807, 2.05) is 26.8 Å². The van der Waals surface area contributed by atoms with Crippen LogP contribution in [0.2, 0.25) is 0 Å². The molecule has 1 aromatic carbocycles. The van der Waals surface area contributed by atoms with Gasteiger partial charge in [0, 0.05) is 12.5 Å². The minimum absolute atomic E-state index is 0.0603. The van der Waals surface area contributed by atoms with E-state index in [2.05, 4.69) is 5.32 Å². The van der Waals surface area contributed by atoms with E-state index in [1.54, 1.807) is 14.1 Å². The minimum Gasteiger partial charge on any atom is -0.356 e. The molecule has 0 radical (unpaired) electrons. The molecule has 11 heteroatoms. The maximum absolute atomic E-state index is 13.9. The lowest BCUT2D eigenvalue weighted by Crippen LogP contribution is -2.55. The van der Waals surface area contributed by atoms with Gasteiger partial charge in [-0.25, -0.2) is 0 Å². The van der Waals surface area contributed by atoms with Gasteiger partial charge in [-0.1, -0.05) is 32.9 Å². The number of halogens is 3. The van der Waals surface area contributed by atoms with Gasteiger partial charge in [-0.3, -0.25) is 24.2 Å². The van der Waals surface area contributed by atoms with Crippen LogP contribution in [0.25, 0.3) is 0 Å². The maximum Gasteiger partial charge on any atom is 0.416 e. The lowest BCUT2D eigenvalue weighted by atomic mass is 9.87. The van der Waals surface area contributed by atoms with Crippen LogP contribution >= 0.6 is 0 Å². The van der Waals surface area contributed by atoms with E-state index < -0.39 is 47.6 Å². The SMILES string of the molecule is CN(C)[C@@H](C(=O)N(C(=O)[C@@H](N)CC(C)(C)C)[C@H](C#N)C[C@@H]1CCNC1=O)c1ccc(C(F)(F)F)cc1. The van der Waals surface area contributed by atoms with E-state index in [9.17, 15) is 32.8 Å². The van der Waals surface area contributed by atoms with Crippen LogP contribution in [0.3, 0.4) is 0 Å². The van der Waals surface area contributed by atoms with Gasteiger partial charge < -0.3 is 11.1 Å². The number of amides is 3. The standard InChI is InChI=1S/C25H34F3N5O3/c1-24(2,3)13-19(30)22(35)33(18(14-29)12-16-10-11-31-21(16)34)23(36)20(32(4)5)15-6-8-17(9-7-15)25(26,27)28/h6-9,16,18-20H,10-13,30H2,1-5H3,(H,31,34)/t16-,18-,19-,20+/m0/s1. The van der Waals surface area contributed by atoms with E-state index in [4.69, 9.17) is 5.73 Å². The zero-order valence-corrected chi connectivity index (χ0v) is 21.2. The third kappa shape index (κ3) is 7.27. The lowest BCUT2D eigenvalue weighted by Gasteiger charge is -2.35. The summed E-state index contributed by atoms with van der Waals surface area (Å²) >= 11 is 0. The number of nitriles is 1. The summed E-state index contributed by atoms with van der Waals surface area (Å²) in [5.74, 6) is -2.38. The van der Waals surface area contributed by atoms with Gasteiger partial charge in [0.2, 0.25) is 11.8 Å². The van der Waals surface area contributed by atoms with Crippen molar-refractivity contribution in [3.63, 3.8) is 0 Å². The van der Waals surface area contributed by atoms with Crippen LogP contribution in [-0.2, 0) is 20.6 Å². The molecule has 1 aliphatic heterocycles. The van der Waals surface area contributed by atoms with Crippen LogP contribution in [0, 0.1) is 22.7 Å². The molecule has 0 aromatic heterocycles. The van der Waals surface area contributed by atoms with Crippen molar-refractivity contribution in [3.8, 4) is 6.07 Å². The molecule has 3 N–H and O–H groups in total. The number of rotatable bonds is 8. The van der Waals surface area contributed by atoms with Gasteiger partial charge in [0.1, 0.15) is 12.1 Å². The molecule has 0 unspecified atom stereocenters. The predicted octanol–water partition coefficient (Wildman–Crippen LogP) is 2.85. The monoisotopic (exact) mass is 509 g/mol. The molecule has 4 atom stereocenters. The Balaban J connectivity index is 2.50. The Bertz CT molecular complexity index is 996. The van der Waals surface area contributed by atoms with Gasteiger partial charge in [-0.2, -0.15) is 18.4 Å². The number of hydrogen-bond acceptors (Lipinski definition) is 6. The molecule has 198 valence electrons. The number of nitrogens with zero attached hydrogens (tertiary/aromatic N) is 3. The number of imide groups is 1. The zero-order valence-electron chi connectivity index (χ0n) is 21.2. The lowest BCUT2D eigenvalue weighted by molar-refractivity contribution is -0.151. The highest BCUT2D eigenvalue weighted by molar-refractivity contribution is 6.01. The summed E-state index contributed by atoms with van der Waals surface area (Å²) in [4.78, 5) is 41.8. The van der Waals surface area contributed by atoms with E-state index in [-0.39, 0.29) is 29.7 Å². The fraction of sp³-hybridized carbons (Fsp3) is 0.600. The topological polar surface area (TPSA) is 120 Å². The molecule has 3 amide bonds. The van der Waals surface area contributed by atoms with Gasteiger partial charge >= 0.3 is 6.18 Å². The first-order valence-corrected chi connectivity index (χ1v) is 11.7. The number of benzene rings is 1. The Hall–Kier alpha value is -2.97. The third-order valence-corrected chi connectivity index (χ3v) is 6.06. The van der Waals surface area contributed by atoms with Crippen molar-refractivity contribution >= 4 is 17.7 Å². The van der Waals surface area contributed by atoms with Crippen LogP contribution in [-0.4, -0.2) is 60.2 Å². The molecule has 1 aromatic rings. The quantitative estimate of drug-likeness (QED) is 0.556. The Morgan fingerprint density at radius 3 is 2.17 bits per heavy atom. The molecule has 1 aliphatic rings. The zero-order chi connectivity index (χ0) is 27.4. The van der Waals surface area contributed by atoms with Gasteiger partial charge in [0.05, 0.1) is 17.7 Å². The van der Waals surface area contributed by atoms with E-state index in [0.717, 1.165) is 17.0 Å². The molecule has 1 saturated heterocycles. The first-order chi connectivity index (χ1) is 16.6. The Kier molecular flexibility index (Phi) is 9.26. The third-order valence-electron chi connectivity index (χ3n) is 6.06. The molecule has 1 fully saturated rings. The molecule has 0 saturated carbocycles. The number of alkyl halides is 3. The summed E-state index contributed by atoms with van der Waals surface area (Å²) in [5.41, 5.74) is 5.17. The number of carbonyl (C=O) groups is 3. The molecule has 36 heavy (non-hydrogen) atoms. The number of nitrogens with one attached hydrogen (secondary N) is 1. The van der Waals surface area contributed by atoms with Crippen molar-refractivity contribution in [1.82, 2.24) is 15.1 Å². The van der Waals surface area contributed by atoms with Crippen LogP contribution in [0.5, 0.6) is 0 Å². The van der Waals surface area contributed by atoms with Gasteiger partial charge in [0.25, 0.3) is 5.91 Å². The van der Waals surface area contributed by atoms with Crippen molar-refractivity contribution < 1.29 is 27.6 Å². The van der Waals surface area contributed by atoms with Crippen molar-refractivity contribution in [2.75, 3.05) is 20.6 Å². The predicted molar refractivity (Wildman–Crippen MR) is 127 cm³/mol. The Labute approximate surface area is 209 Å². The number of nitrogens with two attached hydrogens (primary N) is 1. The van der Waals surface area contributed by atoms with Crippen molar-refractivity contribution in [1.29, 1.82) is 5.26 Å². The van der Waals surface area contributed by atoms with Gasteiger partial charge in [0.15, 0.2) is 0 Å². The molecule has 2 rings (SSSR count). The maximum atomic E-state index is 13.9. The second-order valence-corrected chi connectivity index (χ2v) is 10.6. The Morgan fingerprint density at radius 2 is 1.75 bits per heavy atom. The highest BCUT2D eigenvalue weighted by Crippen LogP contribution is 2.32. The average molecular weight is 510 g/mol. The largest absolute Gasteiger partial charge is 0.416 e. The molecule has 1 heterocycles. The normalized spacial score (nSPS) is 18.8. The molecular weight excluding hydrogens is 475 g/mol. The molecule has 0 aliphatic carbocycles. The first kappa shape index (κ1) is 29.3. The fourth-order valence-corrected chi connectivity index (χ4v) is 4.34. The van der Waals surface area contributed by atoms with Crippen molar-refractivity contribution in [3.05, 3.63) is 35.4 Å². The van der Waals surface area contributed by atoms with Gasteiger partial charge in [-0.05, 0) is 56.5 Å². The molecule has 0 bridgehead atoms. The van der Waals surface area contributed by atoms with Crippen molar-refractivity contribution in [2.24, 2.45) is 17.1 Å². The molecular formula is C25H34F3N5O3. The molecule has 8 nitrogen and oxygen atoms in total. The van der Waals surface area contributed by atoms with Crippen LogP contribution in [0.1, 0.15) is 57.2 Å². The van der Waals surface area contributed by atoms with Crippen LogP contribution in [0.4, 0.5) is 13.2 Å². The van der Waals surface area contributed by atoms with Gasteiger partial charge in [-0.15, -0.1) is 0 Å². The Morgan fingerprint density at radius 1 is 1.17 bits per heavy atom. The summed E-state index contributed by atoms with van der Waals surface area (Å²) in [5, 5.41) is 12.6. The number of carbonyl (C=O) groups excluding carboxylic acids is 3. The minimum atomic E-state index is -4.55. The number of likely N-dealkylation sites (N-methyl/N-ethyl adjacent to an activating group) is 1. The smallest absolute Gasteiger partial charge is 0.356 e. The van der Waals surface area contributed by atoms with E-state index >= 15 is 0 Å². The summed E-state index contributed by atoms with van der Waals surface area (Å²) in [6.45, 7) is 6.06. The highest BCUT2D eigenvalue weighted by atomic mass is 19.4. The fourth-order valence-electron chi connectivity index (χ4n) is 4.34. The van der Waals surface area contributed by atoms with Crippen LogP contribution in [0.15, 0.2) is 24.3 Å².